The fourth-order valence-corrected chi connectivity index (χ4v) is 4.10. The number of benzene rings is 2. The zero-order valence-electron chi connectivity index (χ0n) is 18.7. The summed E-state index contributed by atoms with van der Waals surface area (Å²) in [5.41, 5.74) is -2.52. The maximum Gasteiger partial charge on any atom is 0.334 e. The van der Waals surface area contributed by atoms with Gasteiger partial charge in [-0.2, -0.15) is 5.10 Å². The number of esters is 1. The first-order valence-electron chi connectivity index (χ1n) is 10.3. The van der Waals surface area contributed by atoms with Gasteiger partial charge in [0, 0.05) is 24.7 Å². The van der Waals surface area contributed by atoms with Crippen LogP contribution < -0.4 is 10.3 Å². The second-order valence-corrected chi connectivity index (χ2v) is 7.87. The van der Waals surface area contributed by atoms with Crippen molar-refractivity contribution in [2.75, 3.05) is 19.2 Å². The van der Waals surface area contributed by atoms with Gasteiger partial charge in [0.05, 0.1) is 24.4 Å². The minimum atomic E-state index is -1.89. The molecular weight excluding hydrogens is 470 g/mol. The summed E-state index contributed by atoms with van der Waals surface area (Å²) in [6, 6.07) is 8.09. The Morgan fingerprint density at radius 2 is 1.69 bits per heavy atom. The molecular formula is C24H19F4N3O4. The first-order chi connectivity index (χ1) is 16.6. The smallest absolute Gasteiger partial charge is 0.334 e. The molecule has 0 saturated heterocycles. The SMILES string of the molecule is CNC(=O)c1ccc(C2C(c3ccc(F)cc3F)=NN(c3ccc(F)cc3F)C2(C)C(=O)OC)o1. The summed E-state index contributed by atoms with van der Waals surface area (Å²) in [5.74, 6) is -6.60. The van der Waals surface area contributed by atoms with Crippen LogP contribution in [-0.2, 0) is 9.53 Å². The summed E-state index contributed by atoms with van der Waals surface area (Å²) < 4.78 is 67.7. The van der Waals surface area contributed by atoms with E-state index in [2.05, 4.69) is 10.4 Å². The molecule has 1 aromatic heterocycles. The third-order valence-corrected chi connectivity index (χ3v) is 5.79. The van der Waals surface area contributed by atoms with Gasteiger partial charge in [-0.1, -0.05) is 0 Å². The molecule has 4 rings (SSSR count). The summed E-state index contributed by atoms with van der Waals surface area (Å²) in [7, 11) is 2.48. The van der Waals surface area contributed by atoms with Gasteiger partial charge in [-0.3, -0.25) is 4.79 Å². The summed E-state index contributed by atoms with van der Waals surface area (Å²) in [6.45, 7) is 1.35. The molecule has 2 heterocycles. The van der Waals surface area contributed by atoms with Crippen LogP contribution in [-0.4, -0.2) is 37.3 Å². The number of hydrazone groups is 1. The standard InChI is InChI=1S/C24H19F4N3O4/c1-24(23(33)34-3)20(18-8-9-19(35-18)22(32)29-2)21(14-6-4-12(25)10-15(14)27)30-31(24)17-7-5-13(26)11-16(17)28/h4-11,20H,1-3H3,(H,29,32). The Bertz CT molecular complexity index is 1360. The third-order valence-electron chi connectivity index (χ3n) is 5.79. The number of amides is 1. The van der Waals surface area contributed by atoms with Gasteiger partial charge in [0.15, 0.2) is 17.1 Å². The number of nitrogens with one attached hydrogen (secondary N) is 1. The Hall–Kier alpha value is -4.15. The molecule has 2 atom stereocenters. The highest BCUT2D eigenvalue weighted by molar-refractivity contribution is 6.12. The van der Waals surface area contributed by atoms with Gasteiger partial charge in [0.1, 0.15) is 23.2 Å². The zero-order chi connectivity index (χ0) is 25.5. The highest BCUT2D eigenvalue weighted by atomic mass is 19.1. The van der Waals surface area contributed by atoms with Crippen LogP contribution in [0.25, 0.3) is 0 Å². The Morgan fingerprint density at radius 1 is 1.03 bits per heavy atom. The van der Waals surface area contributed by atoms with E-state index in [0.717, 1.165) is 36.4 Å². The van der Waals surface area contributed by atoms with Gasteiger partial charge < -0.3 is 14.5 Å². The van der Waals surface area contributed by atoms with Gasteiger partial charge in [-0.15, -0.1) is 0 Å². The minimum absolute atomic E-state index is 0.00370. The quantitative estimate of drug-likeness (QED) is 0.430. The number of ether oxygens (including phenoxy) is 1. The average Bonchev–Trinajstić information content (AvgIpc) is 3.41. The number of hydrogen-bond acceptors (Lipinski definition) is 6. The molecule has 1 aliphatic heterocycles. The van der Waals surface area contributed by atoms with E-state index < -0.39 is 46.6 Å². The van der Waals surface area contributed by atoms with Crippen LogP contribution in [0.5, 0.6) is 0 Å². The van der Waals surface area contributed by atoms with E-state index in [-0.39, 0.29) is 28.5 Å². The molecule has 7 nitrogen and oxygen atoms in total. The van der Waals surface area contributed by atoms with E-state index >= 15 is 0 Å². The number of anilines is 1. The van der Waals surface area contributed by atoms with E-state index in [1.807, 2.05) is 0 Å². The van der Waals surface area contributed by atoms with Crippen molar-refractivity contribution in [2.24, 2.45) is 5.10 Å². The predicted molar refractivity (Wildman–Crippen MR) is 117 cm³/mol. The Kier molecular flexibility index (Phi) is 6.10. The summed E-state index contributed by atoms with van der Waals surface area (Å²) >= 11 is 0. The molecule has 1 aliphatic rings. The van der Waals surface area contributed by atoms with Crippen LogP contribution in [0.1, 0.15) is 34.7 Å². The van der Waals surface area contributed by atoms with Crippen molar-refractivity contribution in [1.82, 2.24) is 5.32 Å². The van der Waals surface area contributed by atoms with Gasteiger partial charge >= 0.3 is 5.97 Å². The maximum atomic E-state index is 14.9. The molecule has 0 bridgehead atoms. The van der Waals surface area contributed by atoms with Crippen LogP contribution in [0.2, 0.25) is 0 Å². The highest BCUT2D eigenvalue weighted by Gasteiger charge is 2.58. The molecule has 11 heteroatoms. The van der Waals surface area contributed by atoms with Crippen LogP contribution in [0.4, 0.5) is 23.2 Å². The molecule has 0 fully saturated rings. The lowest BCUT2D eigenvalue weighted by molar-refractivity contribution is -0.146. The van der Waals surface area contributed by atoms with Crippen molar-refractivity contribution in [3.8, 4) is 0 Å². The predicted octanol–water partition coefficient (Wildman–Crippen LogP) is 4.14. The first-order valence-corrected chi connectivity index (χ1v) is 10.3. The number of halogens is 4. The van der Waals surface area contributed by atoms with Crippen LogP contribution in [0, 0.1) is 23.3 Å². The van der Waals surface area contributed by atoms with Crippen LogP contribution >= 0.6 is 0 Å². The molecule has 3 aromatic rings. The van der Waals surface area contributed by atoms with Gasteiger partial charge in [-0.05, 0) is 43.3 Å². The monoisotopic (exact) mass is 489 g/mol. The van der Waals surface area contributed by atoms with Gasteiger partial charge in [0.2, 0.25) is 0 Å². The first kappa shape index (κ1) is 24.0. The molecule has 35 heavy (non-hydrogen) atoms. The van der Waals surface area contributed by atoms with E-state index in [4.69, 9.17) is 9.15 Å². The summed E-state index contributed by atoms with van der Waals surface area (Å²) in [4.78, 5) is 25.3. The maximum absolute atomic E-state index is 14.9. The third kappa shape index (κ3) is 3.92. The number of carbonyl (C=O) groups is 2. The fraction of sp³-hybridized carbons (Fsp3) is 0.208. The molecule has 1 amide bonds. The van der Waals surface area contributed by atoms with Crippen molar-refractivity contribution in [3.05, 3.63) is 88.9 Å². The van der Waals surface area contributed by atoms with Crippen molar-refractivity contribution >= 4 is 23.3 Å². The average molecular weight is 489 g/mol. The van der Waals surface area contributed by atoms with E-state index in [9.17, 15) is 27.2 Å². The lowest BCUT2D eigenvalue weighted by atomic mass is 9.78. The molecule has 2 aromatic carbocycles. The Morgan fingerprint density at radius 3 is 2.29 bits per heavy atom. The van der Waals surface area contributed by atoms with Gasteiger partial charge in [0.25, 0.3) is 5.91 Å². The largest absolute Gasteiger partial charge is 0.467 e. The Labute approximate surface area is 197 Å². The topological polar surface area (TPSA) is 84.1 Å². The number of hydrogen-bond donors (Lipinski definition) is 1. The van der Waals surface area contributed by atoms with Crippen LogP contribution in [0.15, 0.2) is 58.0 Å². The summed E-state index contributed by atoms with van der Waals surface area (Å²) in [5, 5.41) is 7.66. The molecule has 2 unspecified atom stereocenters. The fourth-order valence-electron chi connectivity index (χ4n) is 4.10. The summed E-state index contributed by atoms with van der Waals surface area (Å²) in [6.07, 6.45) is 0. The molecule has 1 N–H and O–H groups in total. The van der Waals surface area contributed by atoms with Crippen molar-refractivity contribution in [2.45, 2.75) is 18.4 Å². The zero-order valence-corrected chi connectivity index (χ0v) is 18.7. The molecule has 182 valence electrons. The minimum Gasteiger partial charge on any atom is -0.467 e. The number of nitrogens with zero attached hydrogens (tertiary/aromatic N) is 2. The normalized spacial score (nSPS) is 19.5. The molecule has 0 saturated carbocycles. The van der Waals surface area contributed by atoms with E-state index in [1.54, 1.807) is 0 Å². The van der Waals surface area contributed by atoms with Crippen molar-refractivity contribution in [1.29, 1.82) is 0 Å². The second-order valence-electron chi connectivity index (χ2n) is 7.87. The van der Waals surface area contributed by atoms with Crippen LogP contribution in [0.3, 0.4) is 0 Å². The Balaban J connectivity index is 2.00. The molecule has 0 radical (unpaired) electrons. The van der Waals surface area contributed by atoms with Crippen molar-refractivity contribution in [3.63, 3.8) is 0 Å². The van der Waals surface area contributed by atoms with E-state index in [1.165, 1.54) is 26.1 Å². The number of methoxy groups -OCH3 is 1. The number of carbonyl (C=O) groups excluding carboxylic acids is 2. The molecule has 0 aliphatic carbocycles. The van der Waals surface area contributed by atoms with Crippen molar-refractivity contribution < 1.29 is 36.3 Å². The van der Waals surface area contributed by atoms with E-state index in [0.29, 0.717) is 12.1 Å². The number of furan rings is 1. The lowest BCUT2D eigenvalue weighted by Gasteiger charge is -2.35. The highest BCUT2D eigenvalue weighted by Crippen LogP contribution is 2.46. The second kappa shape index (κ2) is 8.90. The van der Waals surface area contributed by atoms with Gasteiger partial charge in [-0.25, -0.2) is 27.4 Å². The molecule has 0 spiro atoms. The lowest BCUT2D eigenvalue weighted by Crippen LogP contribution is -2.53. The number of rotatable bonds is 5.